The van der Waals surface area contributed by atoms with E-state index in [1.165, 1.54) is 225 Å². The number of aliphatic hydroxyl groups excluding tert-OH is 3. The average Bonchev–Trinajstić information content (AvgIpc) is 3.35. The maximum absolute atomic E-state index is 13.0. The van der Waals surface area contributed by atoms with Crippen molar-refractivity contribution in [2.75, 3.05) is 26.4 Å². The van der Waals surface area contributed by atoms with E-state index in [2.05, 4.69) is 30.2 Å². The van der Waals surface area contributed by atoms with Gasteiger partial charge in [-0.15, -0.1) is 0 Å². The van der Waals surface area contributed by atoms with Gasteiger partial charge in [-0.25, -0.2) is 4.18 Å². The van der Waals surface area contributed by atoms with Gasteiger partial charge in [0.1, 0.15) is 30.5 Å². The van der Waals surface area contributed by atoms with Gasteiger partial charge in [0, 0.05) is 13.0 Å². The molecule has 4 N–H and O–H groups in total. The van der Waals surface area contributed by atoms with Crippen molar-refractivity contribution >= 4 is 16.4 Å². The van der Waals surface area contributed by atoms with Crippen LogP contribution >= 0.6 is 0 Å². The highest BCUT2D eigenvalue weighted by atomic mass is 32.3. The molecule has 1 heterocycles. The van der Waals surface area contributed by atoms with Crippen molar-refractivity contribution in [3.05, 3.63) is 12.2 Å². The highest BCUT2D eigenvalue weighted by Gasteiger charge is 2.48. The van der Waals surface area contributed by atoms with Crippen LogP contribution in [0.2, 0.25) is 0 Å². The lowest BCUT2D eigenvalue weighted by atomic mass is 9.99. The van der Waals surface area contributed by atoms with Crippen LogP contribution in [0.5, 0.6) is 0 Å². The Morgan fingerprint density at radius 1 is 0.521 bits per heavy atom. The molecule has 12 nitrogen and oxygen atoms in total. The highest BCUT2D eigenvalue weighted by Crippen LogP contribution is 2.26. The molecule has 1 fully saturated rings. The Bertz CT molecular complexity index is 1280. The molecule has 1 rings (SSSR count). The molecule has 0 aromatic heterocycles. The first-order chi connectivity index (χ1) is 34.6. The summed E-state index contributed by atoms with van der Waals surface area (Å²) in [5.41, 5.74) is 0. The van der Waals surface area contributed by atoms with Crippen LogP contribution in [0, 0.1) is 0 Å². The number of esters is 1. The van der Waals surface area contributed by atoms with Crippen molar-refractivity contribution in [3.8, 4) is 0 Å². The zero-order chi connectivity index (χ0) is 51.7. The van der Waals surface area contributed by atoms with Crippen LogP contribution in [0.4, 0.5) is 0 Å². The van der Waals surface area contributed by atoms with Crippen molar-refractivity contribution < 1.29 is 56.2 Å². The molecule has 0 amide bonds. The number of carbonyl (C=O) groups is 1. The summed E-state index contributed by atoms with van der Waals surface area (Å²) in [5.74, 6) is -0.391. The predicted molar refractivity (Wildman–Crippen MR) is 290 cm³/mol. The van der Waals surface area contributed by atoms with E-state index in [0.717, 1.165) is 38.5 Å². The first kappa shape index (κ1) is 67.9. The second-order valence-electron chi connectivity index (χ2n) is 20.9. The third-order valence-corrected chi connectivity index (χ3v) is 14.6. The fourth-order valence-electron chi connectivity index (χ4n) is 9.61. The van der Waals surface area contributed by atoms with E-state index >= 15 is 0 Å². The Balaban J connectivity index is 2.26. The van der Waals surface area contributed by atoms with Gasteiger partial charge in [0.15, 0.2) is 6.29 Å². The van der Waals surface area contributed by atoms with E-state index in [1.807, 2.05) is 0 Å². The van der Waals surface area contributed by atoms with Crippen LogP contribution in [0.1, 0.15) is 290 Å². The molecule has 13 heteroatoms. The maximum Gasteiger partial charge on any atom is 0.397 e. The Labute approximate surface area is 436 Å². The van der Waals surface area contributed by atoms with Gasteiger partial charge in [0.2, 0.25) is 0 Å². The van der Waals surface area contributed by atoms with E-state index in [4.69, 9.17) is 18.9 Å². The van der Waals surface area contributed by atoms with E-state index in [9.17, 15) is 33.1 Å². The van der Waals surface area contributed by atoms with E-state index in [1.54, 1.807) is 0 Å². The molecule has 0 aromatic carbocycles. The van der Waals surface area contributed by atoms with Crippen molar-refractivity contribution in [2.45, 2.75) is 327 Å². The molecular weight excluding hydrogens is 921 g/mol. The number of hydrogen-bond acceptors (Lipinski definition) is 11. The van der Waals surface area contributed by atoms with Gasteiger partial charge in [-0.1, -0.05) is 257 Å². The lowest BCUT2D eigenvalue weighted by molar-refractivity contribution is -0.301. The van der Waals surface area contributed by atoms with Crippen LogP contribution in [-0.2, 0) is 38.3 Å². The third-order valence-electron chi connectivity index (χ3n) is 14.1. The summed E-state index contributed by atoms with van der Waals surface area (Å²) in [5, 5.41) is 30.9. The lowest BCUT2D eigenvalue weighted by Gasteiger charge is -2.41. The molecule has 6 atom stereocenters. The quantitative estimate of drug-likeness (QED) is 0.0196. The SMILES string of the molecule is CCCCCCCCCC/C=C\CCCCCCCCCCCCCCOCC(COC1OC(CO)C(O)C(OS(=O)(=O)O)C1O)OC(=O)CCCCCCCCCCCCCCCCCCCCCC. The first-order valence-corrected chi connectivity index (χ1v) is 31.3. The average molecular weight is 1030 g/mol. The van der Waals surface area contributed by atoms with Crippen LogP contribution in [0.3, 0.4) is 0 Å². The molecule has 1 aliphatic heterocycles. The van der Waals surface area contributed by atoms with Gasteiger partial charge >= 0.3 is 16.4 Å². The van der Waals surface area contributed by atoms with E-state index in [0.29, 0.717) is 13.0 Å². The summed E-state index contributed by atoms with van der Waals surface area (Å²) in [6, 6.07) is 0. The smallest absolute Gasteiger partial charge is 0.397 e. The summed E-state index contributed by atoms with van der Waals surface area (Å²) >= 11 is 0. The van der Waals surface area contributed by atoms with Gasteiger partial charge in [0.25, 0.3) is 0 Å². The molecule has 0 spiro atoms. The zero-order valence-electron chi connectivity index (χ0n) is 45.8. The van der Waals surface area contributed by atoms with Crippen molar-refractivity contribution in [1.29, 1.82) is 0 Å². The molecule has 71 heavy (non-hydrogen) atoms. The van der Waals surface area contributed by atoms with Gasteiger partial charge in [-0.05, 0) is 38.5 Å². The van der Waals surface area contributed by atoms with Crippen molar-refractivity contribution in [1.82, 2.24) is 0 Å². The number of rotatable bonds is 54. The van der Waals surface area contributed by atoms with Crippen LogP contribution < -0.4 is 0 Å². The van der Waals surface area contributed by atoms with Crippen molar-refractivity contribution in [3.63, 3.8) is 0 Å². The Morgan fingerprint density at radius 2 is 0.887 bits per heavy atom. The molecular formula is C58H112O12S. The highest BCUT2D eigenvalue weighted by molar-refractivity contribution is 7.80. The molecule has 422 valence electrons. The van der Waals surface area contributed by atoms with Crippen LogP contribution in [0.25, 0.3) is 0 Å². The van der Waals surface area contributed by atoms with Gasteiger partial charge in [-0.2, -0.15) is 8.42 Å². The predicted octanol–water partition coefficient (Wildman–Crippen LogP) is 14.9. The Kier molecular flexibility index (Phi) is 47.5. The fraction of sp³-hybridized carbons (Fsp3) is 0.948. The summed E-state index contributed by atoms with van der Waals surface area (Å²) in [7, 11) is -5.06. The number of hydrogen-bond donors (Lipinski definition) is 4. The minimum Gasteiger partial charge on any atom is -0.457 e. The molecule has 6 unspecified atom stereocenters. The maximum atomic E-state index is 13.0. The second kappa shape index (κ2) is 49.7. The molecule has 0 aliphatic carbocycles. The number of allylic oxidation sites excluding steroid dienone is 2. The summed E-state index contributed by atoms with van der Waals surface area (Å²) in [4.78, 5) is 13.0. The largest absolute Gasteiger partial charge is 0.457 e. The summed E-state index contributed by atoms with van der Waals surface area (Å²) in [6.45, 7) is 4.07. The topological polar surface area (TPSA) is 178 Å². The molecule has 0 bridgehead atoms. The molecule has 0 aromatic rings. The number of aliphatic hydroxyl groups is 3. The number of carbonyl (C=O) groups excluding carboxylic acids is 1. The second-order valence-corrected chi connectivity index (χ2v) is 22.0. The first-order valence-electron chi connectivity index (χ1n) is 29.9. The van der Waals surface area contributed by atoms with Gasteiger partial charge in [0.05, 0.1) is 19.8 Å². The monoisotopic (exact) mass is 1030 g/mol. The van der Waals surface area contributed by atoms with Crippen LogP contribution in [-0.4, -0.2) is 97.5 Å². The molecule has 1 aliphatic rings. The lowest BCUT2D eigenvalue weighted by Crippen LogP contribution is -2.60. The van der Waals surface area contributed by atoms with Gasteiger partial charge in [-0.3, -0.25) is 9.35 Å². The standard InChI is InChI=1S/C58H112O12S/c1-3-5-7-9-11-13-15-17-19-21-23-25-26-27-28-30-32-34-36-38-40-42-44-46-48-66-50-52(51-67-58-56(62)57(70-71(63,64)65)55(61)53(49-59)69-58)68-54(60)47-45-43-41-39-37-35-33-31-29-24-22-20-18-16-14-12-10-8-6-4-2/h21,23,52-53,55-59,61-62H,3-20,22,24-51H2,1-2H3,(H,63,64,65)/b23-21-. The summed E-state index contributed by atoms with van der Waals surface area (Å²) < 4.78 is 59.5. The van der Waals surface area contributed by atoms with Crippen molar-refractivity contribution in [2.24, 2.45) is 0 Å². The third kappa shape index (κ3) is 42.7. The van der Waals surface area contributed by atoms with E-state index < -0.39 is 59.8 Å². The van der Waals surface area contributed by atoms with Crippen LogP contribution in [0.15, 0.2) is 12.2 Å². The molecule has 0 saturated carbocycles. The number of unbranched alkanes of at least 4 members (excludes halogenated alkanes) is 39. The zero-order valence-corrected chi connectivity index (χ0v) is 46.6. The van der Waals surface area contributed by atoms with E-state index in [-0.39, 0.29) is 19.6 Å². The molecule has 0 radical (unpaired) electrons. The summed E-state index contributed by atoms with van der Waals surface area (Å²) in [6.07, 6.45) is 49.7. The molecule has 1 saturated heterocycles. The number of ether oxygens (including phenoxy) is 4. The normalized spacial score (nSPS) is 19.0. The Hall–Kier alpha value is -1.16. The minimum atomic E-state index is -5.06. The minimum absolute atomic E-state index is 0.0425. The Morgan fingerprint density at radius 3 is 1.27 bits per heavy atom. The fourth-order valence-corrected chi connectivity index (χ4v) is 10.1. The van der Waals surface area contributed by atoms with Gasteiger partial charge < -0.3 is 34.3 Å².